The van der Waals surface area contributed by atoms with Crippen molar-refractivity contribution in [3.05, 3.63) is 70.8 Å². The van der Waals surface area contributed by atoms with Crippen LogP contribution in [0.1, 0.15) is 38.3 Å². The van der Waals surface area contributed by atoms with E-state index < -0.39 is 0 Å². The van der Waals surface area contributed by atoms with Gasteiger partial charge in [0.05, 0.1) is 0 Å². The molecule has 0 spiro atoms. The molecule has 0 radical (unpaired) electrons. The predicted octanol–water partition coefficient (Wildman–Crippen LogP) is 2.00. The molecular formula is C19H23N3O2. The maximum absolute atomic E-state index is 12.0. The summed E-state index contributed by atoms with van der Waals surface area (Å²) in [6, 6.07) is 14.6. The molecule has 0 bridgehead atoms. The van der Waals surface area contributed by atoms with Crippen LogP contribution < -0.4 is 16.4 Å². The normalized spacial score (nSPS) is 10.2. The van der Waals surface area contributed by atoms with Crippen LogP contribution in [-0.2, 0) is 6.54 Å². The van der Waals surface area contributed by atoms with Crippen molar-refractivity contribution in [3.8, 4) is 0 Å². The third-order valence-corrected chi connectivity index (χ3v) is 3.69. The van der Waals surface area contributed by atoms with Gasteiger partial charge in [-0.05, 0) is 43.2 Å². The second-order valence-electron chi connectivity index (χ2n) is 5.63. The fourth-order valence-electron chi connectivity index (χ4n) is 2.19. The van der Waals surface area contributed by atoms with Gasteiger partial charge < -0.3 is 16.4 Å². The fourth-order valence-corrected chi connectivity index (χ4v) is 2.19. The van der Waals surface area contributed by atoms with Gasteiger partial charge in [0.1, 0.15) is 0 Å². The number of rotatable bonds is 7. The molecule has 5 nitrogen and oxygen atoms in total. The first-order chi connectivity index (χ1) is 11.6. The van der Waals surface area contributed by atoms with Crippen LogP contribution >= 0.6 is 0 Å². The van der Waals surface area contributed by atoms with Crippen molar-refractivity contribution in [1.82, 2.24) is 10.6 Å². The third kappa shape index (κ3) is 5.21. The minimum Gasteiger partial charge on any atom is -0.352 e. The van der Waals surface area contributed by atoms with Gasteiger partial charge in [-0.1, -0.05) is 29.8 Å². The van der Waals surface area contributed by atoms with Gasteiger partial charge in [-0.15, -0.1) is 0 Å². The molecule has 0 aromatic heterocycles. The lowest BCUT2D eigenvalue weighted by Gasteiger charge is -2.07. The summed E-state index contributed by atoms with van der Waals surface area (Å²) < 4.78 is 0. The molecule has 4 N–H and O–H groups in total. The topological polar surface area (TPSA) is 84.2 Å². The molecule has 126 valence electrons. The van der Waals surface area contributed by atoms with E-state index in [1.807, 2.05) is 31.2 Å². The van der Waals surface area contributed by atoms with E-state index in [4.69, 9.17) is 5.73 Å². The van der Waals surface area contributed by atoms with Crippen LogP contribution in [0.15, 0.2) is 48.5 Å². The first kappa shape index (κ1) is 17.7. The molecule has 5 heteroatoms. The Hall–Kier alpha value is -2.66. The van der Waals surface area contributed by atoms with Crippen LogP contribution in [0.3, 0.4) is 0 Å². The molecule has 0 saturated heterocycles. The Kier molecular flexibility index (Phi) is 6.51. The molecule has 2 rings (SSSR count). The number of hydrogen-bond acceptors (Lipinski definition) is 3. The van der Waals surface area contributed by atoms with E-state index in [0.717, 1.165) is 11.1 Å². The lowest BCUT2D eigenvalue weighted by atomic mass is 10.1. The standard InChI is InChI=1S/C19H23N3O2/c1-14-3-7-16(8-4-14)18(23)21-11-2-12-22-19(24)17-9-5-15(13-20)6-10-17/h3-10H,2,11-13,20H2,1H3,(H,21,23)(H,22,24). The van der Waals surface area contributed by atoms with E-state index in [1.54, 1.807) is 24.3 Å². The number of amides is 2. The number of hydrogen-bond donors (Lipinski definition) is 3. The smallest absolute Gasteiger partial charge is 0.251 e. The molecule has 2 amide bonds. The molecular weight excluding hydrogens is 302 g/mol. The highest BCUT2D eigenvalue weighted by molar-refractivity contribution is 5.94. The van der Waals surface area contributed by atoms with Crippen molar-refractivity contribution in [2.24, 2.45) is 5.73 Å². The first-order valence-corrected chi connectivity index (χ1v) is 8.02. The van der Waals surface area contributed by atoms with E-state index in [0.29, 0.717) is 37.2 Å². The minimum absolute atomic E-state index is 0.0984. The van der Waals surface area contributed by atoms with E-state index in [1.165, 1.54) is 0 Å². The Morgan fingerprint density at radius 1 is 0.833 bits per heavy atom. The molecule has 2 aromatic carbocycles. The van der Waals surface area contributed by atoms with Gasteiger partial charge in [0.2, 0.25) is 0 Å². The van der Waals surface area contributed by atoms with E-state index in [2.05, 4.69) is 10.6 Å². The van der Waals surface area contributed by atoms with Crippen molar-refractivity contribution >= 4 is 11.8 Å². The van der Waals surface area contributed by atoms with Crippen molar-refractivity contribution in [1.29, 1.82) is 0 Å². The number of carbonyl (C=O) groups excluding carboxylic acids is 2. The largest absolute Gasteiger partial charge is 0.352 e. The summed E-state index contributed by atoms with van der Waals surface area (Å²) >= 11 is 0. The highest BCUT2D eigenvalue weighted by atomic mass is 16.2. The minimum atomic E-state index is -0.122. The number of benzene rings is 2. The Labute approximate surface area is 142 Å². The molecule has 0 saturated carbocycles. The molecule has 0 aliphatic rings. The van der Waals surface area contributed by atoms with Gasteiger partial charge in [-0.25, -0.2) is 0 Å². The zero-order valence-corrected chi connectivity index (χ0v) is 13.8. The van der Waals surface area contributed by atoms with Crippen LogP contribution in [0.5, 0.6) is 0 Å². The van der Waals surface area contributed by atoms with Gasteiger partial charge in [-0.2, -0.15) is 0 Å². The van der Waals surface area contributed by atoms with E-state index in [9.17, 15) is 9.59 Å². The SMILES string of the molecule is Cc1ccc(C(=O)NCCCNC(=O)c2ccc(CN)cc2)cc1. The number of carbonyl (C=O) groups is 2. The summed E-state index contributed by atoms with van der Waals surface area (Å²) in [5, 5.41) is 5.68. The van der Waals surface area contributed by atoms with Gasteiger partial charge in [-0.3, -0.25) is 9.59 Å². The Bertz CT molecular complexity index is 679. The average molecular weight is 325 g/mol. The number of aryl methyl sites for hydroxylation is 1. The molecule has 0 atom stereocenters. The van der Waals surface area contributed by atoms with Crippen molar-refractivity contribution < 1.29 is 9.59 Å². The second-order valence-corrected chi connectivity index (χ2v) is 5.63. The summed E-state index contributed by atoms with van der Waals surface area (Å²) in [4.78, 5) is 23.9. The van der Waals surface area contributed by atoms with Crippen molar-refractivity contribution in [2.45, 2.75) is 19.9 Å². The Morgan fingerprint density at radius 3 is 1.75 bits per heavy atom. The van der Waals surface area contributed by atoms with E-state index >= 15 is 0 Å². The summed E-state index contributed by atoms with van der Waals surface area (Å²) in [5.41, 5.74) is 8.89. The molecule has 0 heterocycles. The number of nitrogens with two attached hydrogens (primary N) is 1. The van der Waals surface area contributed by atoms with Gasteiger partial charge in [0, 0.05) is 30.8 Å². The van der Waals surface area contributed by atoms with Gasteiger partial charge in [0.25, 0.3) is 11.8 Å². The highest BCUT2D eigenvalue weighted by Crippen LogP contribution is 2.04. The Morgan fingerprint density at radius 2 is 1.29 bits per heavy atom. The van der Waals surface area contributed by atoms with Crippen molar-refractivity contribution in [3.63, 3.8) is 0 Å². The fraction of sp³-hybridized carbons (Fsp3) is 0.263. The van der Waals surface area contributed by atoms with Gasteiger partial charge >= 0.3 is 0 Å². The van der Waals surface area contributed by atoms with Crippen LogP contribution in [0.4, 0.5) is 0 Å². The summed E-state index contributed by atoms with van der Waals surface area (Å²) in [6.07, 6.45) is 0.671. The predicted molar refractivity (Wildman–Crippen MR) is 94.8 cm³/mol. The number of nitrogens with one attached hydrogen (secondary N) is 2. The third-order valence-electron chi connectivity index (χ3n) is 3.69. The highest BCUT2D eigenvalue weighted by Gasteiger charge is 2.06. The quantitative estimate of drug-likeness (QED) is 0.681. The van der Waals surface area contributed by atoms with Crippen LogP contribution in [0.2, 0.25) is 0 Å². The molecule has 0 aliphatic heterocycles. The van der Waals surface area contributed by atoms with Gasteiger partial charge in [0.15, 0.2) is 0 Å². The average Bonchev–Trinajstić information content (AvgIpc) is 2.61. The lowest BCUT2D eigenvalue weighted by Crippen LogP contribution is -2.29. The monoisotopic (exact) mass is 325 g/mol. The molecule has 0 fully saturated rings. The molecule has 24 heavy (non-hydrogen) atoms. The maximum atomic E-state index is 12.0. The summed E-state index contributed by atoms with van der Waals surface area (Å²) in [5.74, 6) is -0.220. The Balaban J connectivity index is 1.67. The summed E-state index contributed by atoms with van der Waals surface area (Å²) in [6.45, 7) is 3.46. The first-order valence-electron chi connectivity index (χ1n) is 8.02. The molecule has 2 aromatic rings. The van der Waals surface area contributed by atoms with E-state index in [-0.39, 0.29) is 11.8 Å². The van der Waals surface area contributed by atoms with Crippen LogP contribution in [-0.4, -0.2) is 24.9 Å². The van der Waals surface area contributed by atoms with Crippen LogP contribution in [0, 0.1) is 6.92 Å². The maximum Gasteiger partial charge on any atom is 0.251 e. The second kappa shape index (κ2) is 8.84. The zero-order chi connectivity index (χ0) is 17.4. The lowest BCUT2D eigenvalue weighted by molar-refractivity contribution is 0.0952. The zero-order valence-electron chi connectivity index (χ0n) is 13.8. The molecule has 0 aliphatic carbocycles. The van der Waals surface area contributed by atoms with Crippen LogP contribution in [0.25, 0.3) is 0 Å². The van der Waals surface area contributed by atoms with Crippen molar-refractivity contribution in [2.75, 3.05) is 13.1 Å². The summed E-state index contributed by atoms with van der Waals surface area (Å²) in [7, 11) is 0. The molecule has 0 unspecified atom stereocenters.